The lowest BCUT2D eigenvalue weighted by Crippen LogP contribution is -1.91. The molecule has 3 aromatic rings. The lowest BCUT2D eigenvalue weighted by Gasteiger charge is -2.02. The van der Waals surface area contributed by atoms with Crippen LogP contribution in [-0.2, 0) is 0 Å². The first kappa shape index (κ1) is 12.3. The summed E-state index contributed by atoms with van der Waals surface area (Å²) in [5.41, 5.74) is 1.07. The third kappa shape index (κ3) is 2.67. The highest BCUT2D eigenvalue weighted by atomic mass is 35.5. The van der Waals surface area contributed by atoms with Crippen molar-refractivity contribution < 1.29 is 8.78 Å². The second-order valence-corrected chi connectivity index (χ2v) is 5.38. The zero-order valence-electron chi connectivity index (χ0n) is 9.45. The van der Waals surface area contributed by atoms with E-state index >= 15 is 0 Å². The minimum atomic E-state index is -0.633. The van der Waals surface area contributed by atoms with E-state index in [2.05, 4.69) is 10.3 Å². The van der Waals surface area contributed by atoms with Gasteiger partial charge in [-0.1, -0.05) is 22.9 Å². The van der Waals surface area contributed by atoms with E-state index in [9.17, 15) is 8.78 Å². The van der Waals surface area contributed by atoms with Gasteiger partial charge in [0.15, 0.2) is 5.13 Å². The summed E-state index contributed by atoms with van der Waals surface area (Å²) in [5.74, 6) is -1.27. The van der Waals surface area contributed by atoms with Gasteiger partial charge in [-0.25, -0.2) is 13.8 Å². The minimum absolute atomic E-state index is 0.322. The molecule has 1 aromatic heterocycles. The summed E-state index contributed by atoms with van der Waals surface area (Å²) in [7, 11) is 0. The number of thiazole rings is 1. The number of hydrogen-bond acceptors (Lipinski definition) is 3. The fourth-order valence-electron chi connectivity index (χ4n) is 1.70. The number of nitrogens with one attached hydrogen (secondary N) is 1. The van der Waals surface area contributed by atoms with Crippen LogP contribution >= 0.6 is 22.9 Å². The Morgan fingerprint density at radius 2 is 1.79 bits per heavy atom. The second-order valence-electron chi connectivity index (χ2n) is 3.91. The minimum Gasteiger partial charge on any atom is -0.331 e. The molecule has 0 saturated carbocycles. The topological polar surface area (TPSA) is 24.9 Å². The standard InChI is InChI=1S/C13H7ClF2N2S/c14-7-1-2-12-11(3-7)18-13(19-12)17-10-5-8(15)4-9(16)6-10/h1-6H,(H,17,18). The molecule has 0 aliphatic rings. The molecule has 0 saturated heterocycles. The van der Waals surface area contributed by atoms with Crippen molar-refractivity contribution in [2.45, 2.75) is 0 Å². The van der Waals surface area contributed by atoms with E-state index in [1.165, 1.54) is 23.5 Å². The summed E-state index contributed by atoms with van der Waals surface area (Å²) in [6.07, 6.45) is 0. The number of benzene rings is 2. The number of nitrogens with zero attached hydrogens (tertiary/aromatic N) is 1. The van der Waals surface area contributed by atoms with Crippen LogP contribution in [0.4, 0.5) is 19.6 Å². The summed E-state index contributed by atoms with van der Waals surface area (Å²) in [6, 6.07) is 8.61. The zero-order valence-corrected chi connectivity index (χ0v) is 11.0. The predicted molar refractivity (Wildman–Crippen MR) is 74.3 cm³/mol. The molecule has 96 valence electrons. The summed E-state index contributed by atoms with van der Waals surface area (Å²) in [6.45, 7) is 0. The molecule has 19 heavy (non-hydrogen) atoms. The van der Waals surface area contributed by atoms with E-state index in [1.807, 2.05) is 6.07 Å². The molecule has 0 amide bonds. The molecule has 0 radical (unpaired) electrons. The lowest BCUT2D eigenvalue weighted by molar-refractivity contribution is 0.584. The molecule has 3 rings (SSSR count). The van der Waals surface area contributed by atoms with Gasteiger partial charge in [-0.05, 0) is 30.3 Å². The van der Waals surface area contributed by atoms with Gasteiger partial charge in [0.05, 0.1) is 10.2 Å². The van der Waals surface area contributed by atoms with Gasteiger partial charge in [-0.2, -0.15) is 0 Å². The van der Waals surface area contributed by atoms with Crippen molar-refractivity contribution in [2.24, 2.45) is 0 Å². The molecule has 0 aliphatic carbocycles. The van der Waals surface area contributed by atoms with E-state index < -0.39 is 11.6 Å². The van der Waals surface area contributed by atoms with Gasteiger partial charge in [0.2, 0.25) is 0 Å². The van der Waals surface area contributed by atoms with Crippen LogP contribution in [0.25, 0.3) is 10.2 Å². The molecule has 0 fully saturated rings. The smallest absolute Gasteiger partial charge is 0.188 e. The first-order chi connectivity index (χ1) is 9.10. The molecule has 1 heterocycles. The molecule has 2 aromatic carbocycles. The molecule has 1 N–H and O–H groups in total. The Morgan fingerprint density at radius 1 is 1.05 bits per heavy atom. The Balaban J connectivity index is 1.96. The van der Waals surface area contributed by atoms with Crippen molar-refractivity contribution in [3.05, 3.63) is 53.1 Å². The quantitative estimate of drug-likeness (QED) is 0.722. The summed E-state index contributed by atoms with van der Waals surface area (Å²) in [5, 5.41) is 4.03. The first-order valence-corrected chi connectivity index (χ1v) is 6.59. The molecular weight excluding hydrogens is 290 g/mol. The van der Waals surface area contributed by atoms with Gasteiger partial charge in [-0.15, -0.1) is 0 Å². The molecule has 0 bridgehead atoms. The highest BCUT2D eigenvalue weighted by molar-refractivity contribution is 7.22. The van der Waals surface area contributed by atoms with E-state index in [1.54, 1.807) is 12.1 Å². The SMILES string of the molecule is Fc1cc(F)cc(Nc2nc3cc(Cl)ccc3s2)c1. The van der Waals surface area contributed by atoms with Gasteiger partial charge in [-0.3, -0.25) is 0 Å². The van der Waals surface area contributed by atoms with Gasteiger partial charge in [0.25, 0.3) is 0 Å². The average Bonchev–Trinajstić information content (AvgIpc) is 2.68. The van der Waals surface area contributed by atoms with Crippen LogP contribution in [0.5, 0.6) is 0 Å². The Bertz CT molecular complexity index is 737. The van der Waals surface area contributed by atoms with E-state index in [0.29, 0.717) is 15.8 Å². The number of halogens is 3. The number of hydrogen-bond donors (Lipinski definition) is 1. The highest BCUT2D eigenvalue weighted by Gasteiger charge is 2.06. The van der Waals surface area contributed by atoms with Crippen LogP contribution in [0, 0.1) is 11.6 Å². The normalized spacial score (nSPS) is 10.9. The van der Waals surface area contributed by atoms with Gasteiger partial charge in [0.1, 0.15) is 11.6 Å². The van der Waals surface area contributed by atoms with Crippen molar-refractivity contribution >= 4 is 44.0 Å². The van der Waals surface area contributed by atoms with Crippen LogP contribution in [0.2, 0.25) is 5.02 Å². The second kappa shape index (κ2) is 4.75. The average molecular weight is 297 g/mol. The van der Waals surface area contributed by atoms with Gasteiger partial charge < -0.3 is 5.32 Å². The first-order valence-electron chi connectivity index (χ1n) is 5.39. The van der Waals surface area contributed by atoms with E-state index in [-0.39, 0.29) is 0 Å². The molecule has 0 unspecified atom stereocenters. The molecule has 2 nitrogen and oxygen atoms in total. The van der Waals surface area contributed by atoms with Gasteiger partial charge >= 0.3 is 0 Å². The number of anilines is 2. The van der Waals surface area contributed by atoms with Crippen LogP contribution in [-0.4, -0.2) is 4.98 Å². The highest BCUT2D eigenvalue weighted by Crippen LogP contribution is 2.30. The molecule has 0 atom stereocenters. The molecule has 6 heteroatoms. The maximum Gasteiger partial charge on any atom is 0.188 e. The van der Waals surface area contributed by atoms with Crippen LogP contribution < -0.4 is 5.32 Å². The maximum absolute atomic E-state index is 13.1. The molecular formula is C13H7ClF2N2S. The Labute approximate surface area is 116 Å². The van der Waals surface area contributed by atoms with E-state index in [4.69, 9.17) is 11.6 Å². The third-order valence-electron chi connectivity index (χ3n) is 2.46. The van der Waals surface area contributed by atoms with E-state index in [0.717, 1.165) is 16.3 Å². The zero-order chi connectivity index (χ0) is 13.4. The monoisotopic (exact) mass is 296 g/mol. The summed E-state index contributed by atoms with van der Waals surface area (Å²) >= 11 is 7.26. The summed E-state index contributed by atoms with van der Waals surface area (Å²) < 4.78 is 27.1. The van der Waals surface area contributed by atoms with Crippen molar-refractivity contribution in [3.63, 3.8) is 0 Å². The van der Waals surface area contributed by atoms with Crippen molar-refractivity contribution in [1.82, 2.24) is 4.98 Å². The van der Waals surface area contributed by atoms with Crippen molar-refractivity contribution in [1.29, 1.82) is 0 Å². The number of fused-ring (bicyclic) bond motifs is 1. The van der Waals surface area contributed by atoms with Crippen LogP contribution in [0.3, 0.4) is 0 Å². The molecule has 0 aliphatic heterocycles. The predicted octanol–water partition coefficient (Wildman–Crippen LogP) is 4.97. The fraction of sp³-hybridized carbons (Fsp3) is 0. The van der Waals surface area contributed by atoms with Crippen molar-refractivity contribution in [3.8, 4) is 0 Å². The Hall–Kier alpha value is -1.72. The Kier molecular flexibility index (Phi) is 3.08. The van der Waals surface area contributed by atoms with Crippen LogP contribution in [0.1, 0.15) is 0 Å². The van der Waals surface area contributed by atoms with Gasteiger partial charge in [0, 0.05) is 16.8 Å². The van der Waals surface area contributed by atoms with Crippen LogP contribution in [0.15, 0.2) is 36.4 Å². The third-order valence-corrected chi connectivity index (χ3v) is 3.65. The number of aromatic nitrogens is 1. The number of rotatable bonds is 2. The largest absolute Gasteiger partial charge is 0.331 e. The Morgan fingerprint density at radius 3 is 2.53 bits per heavy atom. The maximum atomic E-state index is 13.1. The fourth-order valence-corrected chi connectivity index (χ4v) is 2.74. The lowest BCUT2D eigenvalue weighted by atomic mass is 10.3. The molecule has 0 spiro atoms. The van der Waals surface area contributed by atoms with Crippen molar-refractivity contribution in [2.75, 3.05) is 5.32 Å². The summed E-state index contributed by atoms with van der Waals surface area (Å²) in [4.78, 5) is 4.31.